The van der Waals surface area contributed by atoms with Gasteiger partial charge in [-0.3, -0.25) is 0 Å². The van der Waals surface area contributed by atoms with E-state index in [1.807, 2.05) is 0 Å². The number of piperidine rings is 1. The van der Waals surface area contributed by atoms with E-state index in [1.165, 1.54) is 18.6 Å². The van der Waals surface area contributed by atoms with Crippen molar-refractivity contribution in [1.82, 2.24) is 0 Å². The first-order chi connectivity index (χ1) is 7.58. The van der Waals surface area contributed by atoms with Gasteiger partial charge in [0.25, 0.3) is 0 Å². The molecule has 0 bridgehead atoms. The van der Waals surface area contributed by atoms with E-state index in [0.29, 0.717) is 11.6 Å². The molecule has 0 saturated carbocycles. The lowest BCUT2D eigenvalue weighted by Gasteiger charge is -2.33. The Labute approximate surface area is 100 Å². The number of halogens is 2. The van der Waals surface area contributed by atoms with Crippen molar-refractivity contribution in [2.45, 2.75) is 19.8 Å². The summed E-state index contributed by atoms with van der Waals surface area (Å²) in [5, 5.41) is 0.0892. The maximum atomic E-state index is 13.4. The lowest BCUT2D eigenvalue weighted by Crippen LogP contribution is -2.34. The Balaban J connectivity index is 2.29. The largest absolute Gasteiger partial charge is 0.397 e. The molecule has 2 nitrogen and oxygen atoms in total. The van der Waals surface area contributed by atoms with Crippen LogP contribution in [0, 0.1) is 11.7 Å². The molecular weight excluding hydrogens is 227 g/mol. The number of hydrogen-bond donors (Lipinski definition) is 1. The summed E-state index contributed by atoms with van der Waals surface area (Å²) in [6.07, 6.45) is 2.36. The molecule has 1 aromatic rings. The second-order valence-corrected chi connectivity index (χ2v) is 4.93. The van der Waals surface area contributed by atoms with Crippen LogP contribution in [0.25, 0.3) is 0 Å². The van der Waals surface area contributed by atoms with E-state index < -0.39 is 5.82 Å². The fraction of sp³-hybridized carbons (Fsp3) is 0.500. The lowest BCUT2D eigenvalue weighted by atomic mass is 9.99. The van der Waals surface area contributed by atoms with Crippen LogP contribution in [0.15, 0.2) is 12.1 Å². The van der Waals surface area contributed by atoms with Crippen LogP contribution in [0.5, 0.6) is 0 Å². The van der Waals surface area contributed by atoms with Crippen molar-refractivity contribution < 1.29 is 4.39 Å². The van der Waals surface area contributed by atoms with E-state index in [4.69, 9.17) is 17.3 Å². The van der Waals surface area contributed by atoms with Gasteiger partial charge in [-0.2, -0.15) is 0 Å². The molecule has 2 rings (SSSR count). The lowest BCUT2D eigenvalue weighted by molar-refractivity contribution is 0.446. The Morgan fingerprint density at radius 1 is 1.50 bits per heavy atom. The number of anilines is 2. The molecule has 1 aliphatic rings. The molecule has 0 amide bonds. The van der Waals surface area contributed by atoms with Crippen LogP contribution in [0.1, 0.15) is 19.8 Å². The summed E-state index contributed by atoms with van der Waals surface area (Å²) in [5.74, 6) is 0.232. The Kier molecular flexibility index (Phi) is 3.24. The standard InChI is InChI=1S/C12H16ClFN2/c1-8-3-2-4-16(7-8)12-6-10(14)9(13)5-11(12)15/h5-6,8H,2-4,7,15H2,1H3. The zero-order valence-corrected chi connectivity index (χ0v) is 10.1. The van der Waals surface area contributed by atoms with E-state index in [2.05, 4.69) is 11.8 Å². The summed E-state index contributed by atoms with van der Waals surface area (Å²) >= 11 is 5.68. The molecule has 1 atom stereocenters. The first-order valence-corrected chi connectivity index (χ1v) is 5.95. The molecule has 1 heterocycles. The predicted molar refractivity (Wildman–Crippen MR) is 66.4 cm³/mol. The molecule has 0 radical (unpaired) electrons. The van der Waals surface area contributed by atoms with E-state index in [0.717, 1.165) is 25.2 Å². The zero-order valence-electron chi connectivity index (χ0n) is 9.34. The van der Waals surface area contributed by atoms with Crippen molar-refractivity contribution >= 4 is 23.0 Å². The van der Waals surface area contributed by atoms with Crippen LogP contribution >= 0.6 is 11.6 Å². The Morgan fingerprint density at radius 3 is 2.94 bits per heavy atom. The van der Waals surface area contributed by atoms with Crippen molar-refractivity contribution in [2.75, 3.05) is 23.7 Å². The molecule has 0 aromatic heterocycles. The number of benzene rings is 1. The molecule has 0 spiro atoms. The first kappa shape index (κ1) is 11.5. The highest BCUT2D eigenvalue weighted by Crippen LogP contribution is 2.31. The Bertz CT molecular complexity index is 395. The van der Waals surface area contributed by atoms with Gasteiger partial charge in [0.05, 0.1) is 16.4 Å². The summed E-state index contributed by atoms with van der Waals surface area (Å²) in [7, 11) is 0. The molecule has 1 fully saturated rings. The van der Waals surface area contributed by atoms with Crippen molar-refractivity contribution in [3.8, 4) is 0 Å². The Morgan fingerprint density at radius 2 is 2.25 bits per heavy atom. The van der Waals surface area contributed by atoms with E-state index in [-0.39, 0.29) is 5.02 Å². The van der Waals surface area contributed by atoms with Crippen molar-refractivity contribution in [3.05, 3.63) is 23.0 Å². The Hall–Kier alpha value is -0.960. The smallest absolute Gasteiger partial charge is 0.144 e. The zero-order chi connectivity index (χ0) is 11.7. The molecular formula is C12H16ClFN2. The van der Waals surface area contributed by atoms with Crippen LogP contribution in [0.4, 0.5) is 15.8 Å². The maximum absolute atomic E-state index is 13.4. The van der Waals surface area contributed by atoms with Gasteiger partial charge in [-0.05, 0) is 24.8 Å². The van der Waals surface area contributed by atoms with Gasteiger partial charge in [0.15, 0.2) is 0 Å². The number of hydrogen-bond acceptors (Lipinski definition) is 2. The number of nitrogen functional groups attached to an aromatic ring is 1. The average Bonchev–Trinajstić information content (AvgIpc) is 2.23. The highest BCUT2D eigenvalue weighted by Gasteiger charge is 2.19. The highest BCUT2D eigenvalue weighted by atomic mass is 35.5. The van der Waals surface area contributed by atoms with Gasteiger partial charge in [-0.25, -0.2) is 4.39 Å². The molecule has 4 heteroatoms. The molecule has 1 aromatic carbocycles. The van der Waals surface area contributed by atoms with Gasteiger partial charge >= 0.3 is 0 Å². The first-order valence-electron chi connectivity index (χ1n) is 5.57. The van der Waals surface area contributed by atoms with Crippen molar-refractivity contribution in [1.29, 1.82) is 0 Å². The summed E-state index contributed by atoms with van der Waals surface area (Å²) in [6.45, 7) is 4.08. The fourth-order valence-corrected chi connectivity index (χ4v) is 2.41. The van der Waals surface area contributed by atoms with E-state index in [1.54, 1.807) is 0 Å². The monoisotopic (exact) mass is 242 g/mol. The molecule has 0 aliphatic carbocycles. The van der Waals surface area contributed by atoms with Gasteiger partial charge in [-0.1, -0.05) is 18.5 Å². The number of nitrogens with two attached hydrogens (primary N) is 1. The summed E-state index contributed by atoms with van der Waals surface area (Å²) < 4.78 is 13.4. The summed E-state index contributed by atoms with van der Waals surface area (Å²) in [5.41, 5.74) is 7.20. The second kappa shape index (κ2) is 4.50. The van der Waals surface area contributed by atoms with Crippen LogP contribution in [-0.4, -0.2) is 13.1 Å². The van der Waals surface area contributed by atoms with Crippen LogP contribution in [-0.2, 0) is 0 Å². The minimum atomic E-state index is -0.399. The van der Waals surface area contributed by atoms with Gasteiger partial charge in [0.2, 0.25) is 0 Å². The molecule has 1 aliphatic heterocycles. The van der Waals surface area contributed by atoms with Crippen LogP contribution in [0.2, 0.25) is 5.02 Å². The van der Waals surface area contributed by atoms with E-state index >= 15 is 0 Å². The van der Waals surface area contributed by atoms with Crippen LogP contribution < -0.4 is 10.6 Å². The predicted octanol–water partition coefficient (Wildman–Crippen LogP) is 3.30. The van der Waals surface area contributed by atoms with Gasteiger partial charge in [-0.15, -0.1) is 0 Å². The van der Waals surface area contributed by atoms with E-state index in [9.17, 15) is 4.39 Å². The van der Waals surface area contributed by atoms with Crippen LogP contribution in [0.3, 0.4) is 0 Å². The maximum Gasteiger partial charge on any atom is 0.144 e. The highest BCUT2D eigenvalue weighted by molar-refractivity contribution is 6.31. The van der Waals surface area contributed by atoms with Gasteiger partial charge < -0.3 is 10.6 Å². The van der Waals surface area contributed by atoms with Crippen molar-refractivity contribution in [3.63, 3.8) is 0 Å². The summed E-state index contributed by atoms with van der Waals surface area (Å²) in [6, 6.07) is 2.93. The topological polar surface area (TPSA) is 29.3 Å². The number of nitrogens with zero attached hydrogens (tertiary/aromatic N) is 1. The second-order valence-electron chi connectivity index (χ2n) is 4.52. The minimum absolute atomic E-state index is 0.0892. The average molecular weight is 243 g/mol. The third kappa shape index (κ3) is 2.24. The van der Waals surface area contributed by atoms with Gasteiger partial charge in [0, 0.05) is 19.2 Å². The minimum Gasteiger partial charge on any atom is -0.397 e. The number of rotatable bonds is 1. The fourth-order valence-electron chi connectivity index (χ4n) is 2.23. The van der Waals surface area contributed by atoms with Gasteiger partial charge in [0.1, 0.15) is 5.82 Å². The molecule has 88 valence electrons. The molecule has 1 unspecified atom stereocenters. The quantitative estimate of drug-likeness (QED) is 0.766. The third-order valence-corrected chi connectivity index (χ3v) is 3.36. The van der Waals surface area contributed by atoms with Crippen molar-refractivity contribution in [2.24, 2.45) is 5.92 Å². The third-order valence-electron chi connectivity index (χ3n) is 3.07. The summed E-state index contributed by atoms with van der Waals surface area (Å²) in [4.78, 5) is 2.14. The SMILES string of the molecule is CC1CCCN(c2cc(F)c(Cl)cc2N)C1. The molecule has 16 heavy (non-hydrogen) atoms. The molecule has 1 saturated heterocycles. The normalized spacial score (nSPS) is 21.2. The molecule has 2 N–H and O–H groups in total.